The van der Waals surface area contributed by atoms with Crippen LogP contribution in [0.2, 0.25) is 0 Å². The van der Waals surface area contributed by atoms with Gasteiger partial charge in [0.1, 0.15) is 5.75 Å². The van der Waals surface area contributed by atoms with Gasteiger partial charge in [0.05, 0.1) is 5.97 Å². The predicted molar refractivity (Wildman–Crippen MR) is 57.9 cm³/mol. The molecule has 0 spiro atoms. The molecule has 0 saturated carbocycles. The van der Waals surface area contributed by atoms with Crippen LogP contribution in [-0.4, -0.2) is 11.1 Å². The zero-order valence-electron chi connectivity index (χ0n) is 9.38. The van der Waals surface area contributed by atoms with Crippen molar-refractivity contribution in [2.45, 2.75) is 0 Å². The minimum Gasteiger partial charge on any atom is -0.545 e. The van der Waals surface area contributed by atoms with Crippen molar-refractivity contribution in [1.82, 2.24) is 0 Å². The third-order valence-electron chi connectivity index (χ3n) is 2.32. The maximum absolute atomic E-state index is 10.5. The Hall–Kier alpha value is -1.29. The SMILES string of the molecule is O=C([O-])c1ccc(-c2ccc(O)cc2)cc1.[Na+]. The fourth-order valence-electron chi connectivity index (χ4n) is 1.45. The molecular formula is C13H9NaO3. The van der Waals surface area contributed by atoms with E-state index in [4.69, 9.17) is 5.11 Å². The quantitative estimate of drug-likeness (QED) is 0.641. The molecule has 80 valence electrons. The summed E-state index contributed by atoms with van der Waals surface area (Å²) >= 11 is 0. The normalized spacial score (nSPS) is 9.41. The van der Waals surface area contributed by atoms with E-state index in [1.807, 2.05) is 0 Å². The number of carbonyl (C=O) groups is 1. The van der Waals surface area contributed by atoms with Crippen LogP contribution in [0.5, 0.6) is 5.75 Å². The molecule has 0 aromatic heterocycles. The standard InChI is InChI=1S/C13H10O3.Na/c14-12-7-5-10(6-8-12)9-1-3-11(4-2-9)13(15)16;/h1-8,14H,(H,15,16);/q;+1/p-1. The van der Waals surface area contributed by atoms with Crippen LogP contribution < -0.4 is 34.7 Å². The molecule has 0 heterocycles. The summed E-state index contributed by atoms with van der Waals surface area (Å²) in [5.74, 6) is -0.979. The van der Waals surface area contributed by atoms with Crippen LogP contribution in [0.1, 0.15) is 10.4 Å². The number of aromatic hydroxyl groups is 1. The van der Waals surface area contributed by atoms with Gasteiger partial charge in [-0.05, 0) is 28.8 Å². The number of aromatic carboxylic acids is 1. The molecule has 0 aliphatic carbocycles. The van der Waals surface area contributed by atoms with Crippen LogP contribution in [0, 0.1) is 0 Å². The fraction of sp³-hybridized carbons (Fsp3) is 0. The molecule has 17 heavy (non-hydrogen) atoms. The summed E-state index contributed by atoms with van der Waals surface area (Å²) in [5.41, 5.74) is 1.97. The van der Waals surface area contributed by atoms with Crippen LogP contribution in [0.3, 0.4) is 0 Å². The summed E-state index contributed by atoms with van der Waals surface area (Å²) in [6.07, 6.45) is 0. The maximum Gasteiger partial charge on any atom is 1.00 e. The molecule has 2 rings (SSSR count). The molecule has 3 nitrogen and oxygen atoms in total. The Morgan fingerprint density at radius 3 is 1.71 bits per heavy atom. The molecule has 0 unspecified atom stereocenters. The Morgan fingerprint density at radius 2 is 1.29 bits per heavy atom. The van der Waals surface area contributed by atoms with E-state index in [0.29, 0.717) is 0 Å². The van der Waals surface area contributed by atoms with Crippen LogP contribution >= 0.6 is 0 Å². The van der Waals surface area contributed by atoms with Gasteiger partial charge >= 0.3 is 29.6 Å². The van der Waals surface area contributed by atoms with E-state index in [2.05, 4.69) is 0 Å². The summed E-state index contributed by atoms with van der Waals surface area (Å²) in [6.45, 7) is 0. The Labute approximate surface area is 121 Å². The summed E-state index contributed by atoms with van der Waals surface area (Å²) < 4.78 is 0. The van der Waals surface area contributed by atoms with Crippen molar-refractivity contribution >= 4 is 5.97 Å². The van der Waals surface area contributed by atoms with Gasteiger partial charge in [-0.2, -0.15) is 0 Å². The molecule has 0 radical (unpaired) electrons. The molecule has 0 atom stereocenters. The van der Waals surface area contributed by atoms with E-state index >= 15 is 0 Å². The fourth-order valence-corrected chi connectivity index (χ4v) is 1.45. The van der Waals surface area contributed by atoms with Gasteiger partial charge in [0.15, 0.2) is 0 Å². The molecule has 1 N–H and O–H groups in total. The smallest absolute Gasteiger partial charge is 0.545 e. The topological polar surface area (TPSA) is 60.4 Å². The molecule has 0 saturated heterocycles. The van der Waals surface area contributed by atoms with Crippen molar-refractivity contribution < 1.29 is 44.6 Å². The Morgan fingerprint density at radius 1 is 0.882 bits per heavy atom. The Balaban J connectivity index is 0.00000144. The van der Waals surface area contributed by atoms with Crippen molar-refractivity contribution in [2.75, 3.05) is 0 Å². The average molecular weight is 236 g/mol. The third kappa shape index (κ3) is 3.33. The van der Waals surface area contributed by atoms with Crippen LogP contribution in [0.4, 0.5) is 0 Å². The first-order chi connectivity index (χ1) is 7.66. The van der Waals surface area contributed by atoms with Gasteiger partial charge < -0.3 is 15.0 Å². The second-order valence-electron chi connectivity index (χ2n) is 3.41. The largest absolute Gasteiger partial charge is 1.00 e. The minimum absolute atomic E-state index is 0. The predicted octanol–water partition coefficient (Wildman–Crippen LogP) is -1.57. The Bertz CT molecular complexity index is 503. The number of carboxylic acid groups (broad SMARTS) is 1. The van der Waals surface area contributed by atoms with E-state index in [1.165, 1.54) is 12.1 Å². The monoisotopic (exact) mass is 236 g/mol. The second kappa shape index (κ2) is 5.87. The van der Waals surface area contributed by atoms with Gasteiger partial charge in [-0.1, -0.05) is 36.4 Å². The van der Waals surface area contributed by atoms with Crippen molar-refractivity contribution in [3.8, 4) is 16.9 Å². The van der Waals surface area contributed by atoms with Gasteiger partial charge in [-0.25, -0.2) is 0 Å². The van der Waals surface area contributed by atoms with Crippen molar-refractivity contribution in [1.29, 1.82) is 0 Å². The van der Waals surface area contributed by atoms with Crippen LogP contribution in [0.15, 0.2) is 48.5 Å². The number of carbonyl (C=O) groups excluding carboxylic acids is 1. The number of carboxylic acids is 1. The number of benzene rings is 2. The van der Waals surface area contributed by atoms with Gasteiger partial charge in [-0.15, -0.1) is 0 Å². The van der Waals surface area contributed by atoms with Gasteiger partial charge in [0, 0.05) is 0 Å². The van der Waals surface area contributed by atoms with Crippen molar-refractivity contribution in [3.05, 3.63) is 54.1 Å². The first-order valence-corrected chi connectivity index (χ1v) is 4.77. The average Bonchev–Trinajstić information content (AvgIpc) is 2.30. The second-order valence-corrected chi connectivity index (χ2v) is 3.41. The Kier molecular flexibility index (Phi) is 4.75. The van der Waals surface area contributed by atoms with E-state index in [1.54, 1.807) is 36.4 Å². The number of phenols is 1. The molecule has 0 bridgehead atoms. The molecular weight excluding hydrogens is 227 g/mol. The van der Waals surface area contributed by atoms with Crippen molar-refractivity contribution in [2.24, 2.45) is 0 Å². The zero-order valence-corrected chi connectivity index (χ0v) is 11.4. The van der Waals surface area contributed by atoms with Gasteiger partial charge in [0.25, 0.3) is 0 Å². The van der Waals surface area contributed by atoms with Crippen molar-refractivity contribution in [3.63, 3.8) is 0 Å². The molecule has 2 aromatic rings. The summed E-state index contributed by atoms with van der Waals surface area (Å²) in [4.78, 5) is 10.5. The minimum atomic E-state index is -1.18. The summed E-state index contributed by atoms with van der Waals surface area (Å²) in [5, 5.41) is 19.7. The molecule has 0 aliphatic rings. The molecule has 4 heteroatoms. The van der Waals surface area contributed by atoms with E-state index in [9.17, 15) is 9.90 Å². The molecule has 0 amide bonds. The van der Waals surface area contributed by atoms with E-state index in [0.717, 1.165) is 11.1 Å². The van der Waals surface area contributed by atoms with E-state index in [-0.39, 0.29) is 40.9 Å². The van der Waals surface area contributed by atoms with Crippen LogP contribution in [0.25, 0.3) is 11.1 Å². The molecule has 2 aromatic carbocycles. The summed E-state index contributed by atoms with van der Waals surface area (Å²) in [7, 11) is 0. The number of rotatable bonds is 2. The van der Waals surface area contributed by atoms with Crippen LogP contribution in [-0.2, 0) is 0 Å². The first-order valence-electron chi connectivity index (χ1n) is 4.77. The van der Waals surface area contributed by atoms with Gasteiger partial charge in [0.2, 0.25) is 0 Å². The van der Waals surface area contributed by atoms with Gasteiger partial charge in [-0.3, -0.25) is 0 Å². The maximum atomic E-state index is 10.5. The molecule has 0 fully saturated rings. The molecule has 0 aliphatic heterocycles. The number of phenolic OH excluding ortho intramolecular Hbond substituents is 1. The zero-order chi connectivity index (χ0) is 11.5. The van der Waals surface area contributed by atoms with E-state index < -0.39 is 5.97 Å². The number of hydrogen-bond acceptors (Lipinski definition) is 3. The first kappa shape index (κ1) is 13.8. The number of hydrogen-bond donors (Lipinski definition) is 1. The summed E-state index contributed by atoms with van der Waals surface area (Å²) in [6, 6.07) is 13.1. The third-order valence-corrected chi connectivity index (χ3v) is 2.32.